The van der Waals surface area contributed by atoms with Gasteiger partial charge in [0.25, 0.3) is 0 Å². The summed E-state index contributed by atoms with van der Waals surface area (Å²) in [6.45, 7) is 3.63. The van der Waals surface area contributed by atoms with Gasteiger partial charge >= 0.3 is 6.01 Å². The van der Waals surface area contributed by atoms with E-state index < -0.39 is 0 Å². The molecule has 82 valence electrons. The zero-order chi connectivity index (χ0) is 10.7. The molecular weight excluding hydrogens is 194 g/mol. The summed E-state index contributed by atoms with van der Waals surface area (Å²) < 4.78 is 5.07. The Morgan fingerprint density at radius 3 is 2.93 bits per heavy atom. The van der Waals surface area contributed by atoms with Gasteiger partial charge in [0.05, 0.1) is 5.69 Å². The Kier molecular flexibility index (Phi) is 3.01. The molecule has 1 amide bonds. The largest absolute Gasteiger partial charge is 0.432 e. The van der Waals surface area contributed by atoms with Crippen LogP contribution >= 0.6 is 0 Å². The van der Waals surface area contributed by atoms with E-state index in [1.54, 1.807) is 0 Å². The molecule has 2 N–H and O–H groups in total. The number of anilines is 1. The molecule has 15 heavy (non-hydrogen) atoms. The first-order chi connectivity index (χ1) is 7.25. The fourth-order valence-corrected chi connectivity index (χ4v) is 1.70. The number of hydrogen-bond acceptors (Lipinski definition) is 4. The highest BCUT2D eigenvalue weighted by Crippen LogP contribution is 2.15. The summed E-state index contributed by atoms with van der Waals surface area (Å²) in [7, 11) is 0. The van der Waals surface area contributed by atoms with E-state index in [9.17, 15) is 4.79 Å². The summed E-state index contributed by atoms with van der Waals surface area (Å²) in [4.78, 5) is 15.8. The number of hydrogen-bond donors (Lipinski definition) is 2. The van der Waals surface area contributed by atoms with E-state index in [-0.39, 0.29) is 11.8 Å². The molecule has 1 aliphatic rings. The second-order valence-electron chi connectivity index (χ2n) is 3.81. The summed E-state index contributed by atoms with van der Waals surface area (Å²) in [5.74, 6) is 0.0943. The zero-order valence-corrected chi connectivity index (χ0v) is 8.75. The van der Waals surface area contributed by atoms with Crippen molar-refractivity contribution in [2.75, 3.05) is 18.4 Å². The Hall–Kier alpha value is -1.36. The number of nitrogens with zero attached hydrogens (tertiary/aromatic N) is 1. The van der Waals surface area contributed by atoms with Crippen LogP contribution in [-0.4, -0.2) is 24.0 Å². The SMILES string of the molecule is Cc1coc(NC(=O)C2CCNCC2)n1. The maximum Gasteiger partial charge on any atom is 0.301 e. The van der Waals surface area contributed by atoms with Gasteiger partial charge in [0.15, 0.2) is 0 Å². The minimum atomic E-state index is 0.0124. The lowest BCUT2D eigenvalue weighted by Crippen LogP contribution is -2.34. The second kappa shape index (κ2) is 4.44. The van der Waals surface area contributed by atoms with Gasteiger partial charge in [-0.15, -0.1) is 0 Å². The van der Waals surface area contributed by atoms with Crippen molar-refractivity contribution in [2.24, 2.45) is 5.92 Å². The van der Waals surface area contributed by atoms with E-state index in [0.29, 0.717) is 6.01 Å². The maximum atomic E-state index is 11.7. The normalized spacial score (nSPS) is 17.7. The van der Waals surface area contributed by atoms with Gasteiger partial charge in [-0.2, -0.15) is 4.98 Å². The first-order valence-electron chi connectivity index (χ1n) is 5.19. The molecule has 5 nitrogen and oxygen atoms in total. The van der Waals surface area contributed by atoms with Crippen LogP contribution in [0.25, 0.3) is 0 Å². The van der Waals surface area contributed by atoms with Gasteiger partial charge in [0.1, 0.15) is 6.26 Å². The Balaban J connectivity index is 1.91. The number of rotatable bonds is 2. The molecule has 0 saturated carbocycles. The molecule has 0 bridgehead atoms. The van der Waals surface area contributed by atoms with Gasteiger partial charge < -0.3 is 9.73 Å². The maximum absolute atomic E-state index is 11.7. The molecule has 1 aromatic rings. The smallest absolute Gasteiger partial charge is 0.301 e. The van der Waals surface area contributed by atoms with Gasteiger partial charge in [-0.3, -0.25) is 10.1 Å². The average Bonchev–Trinajstić information content (AvgIpc) is 2.65. The molecule has 0 radical (unpaired) electrons. The van der Waals surface area contributed by atoms with Crippen LogP contribution in [0.15, 0.2) is 10.7 Å². The quantitative estimate of drug-likeness (QED) is 0.760. The lowest BCUT2D eigenvalue weighted by molar-refractivity contribution is -0.120. The van der Waals surface area contributed by atoms with Gasteiger partial charge in [0, 0.05) is 5.92 Å². The van der Waals surface area contributed by atoms with Crippen molar-refractivity contribution in [3.8, 4) is 0 Å². The van der Waals surface area contributed by atoms with Crippen LogP contribution in [0, 0.1) is 12.8 Å². The number of aromatic nitrogens is 1. The number of carbonyl (C=O) groups excluding carboxylic acids is 1. The van der Waals surface area contributed by atoms with Crippen LogP contribution in [-0.2, 0) is 4.79 Å². The summed E-state index contributed by atoms with van der Waals surface area (Å²) in [5.41, 5.74) is 0.774. The monoisotopic (exact) mass is 209 g/mol. The molecular formula is C10H15N3O2. The van der Waals surface area contributed by atoms with E-state index in [4.69, 9.17) is 4.42 Å². The van der Waals surface area contributed by atoms with Crippen molar-refractivity contribution in [3.05, 3.63) is 12.0 Å². The molecule has 5 heteroatoms. The first kappa shape index (κ1) is 10.2. The van der Waals surface area contributed by atoms with Crippen molar-refractivity contribution >= 4 is 11.9 Å². The molecule has 0 aliphatic carbocycles. The highest BCUT2D eigenvalue weighted by atomic mass is 16.4. The number of carbonyl (C=O) groups is 1. The summed E-state index contributed by atoms with van der Waals surface area (Å²) >= 11 is 0. The molecule has 1 aliphatic heterocycles. The van der Waals surface area contributed by atoms with Crippen LogP contribution < -0.4 is 10.6 Å². The number of aryl methyl sites for hydroxylation is 1. The van der Waals surface area contributed by atoms with Crippen molar-refractivity contribution in [2.45, 2.75) is 19.8 Å². The predicted molar refractivity (Wildman–Crippen MR) is 55.5 cm³/mol. The molecule has 0 spiro atoms. The van der Waals surface area contributed by atoms with E-state index in [2.05, 4.69) is 15.6 Å². The highest BCUT2D eigenvalue weighted by Gasteiger charge is 2.21. The van der Waals surface area contributed by atoms with Crippen LogP contribution in [0.3, 0.4) is 0 Å². The van der Waals surface area contributed by atoms with E-state index in [1.165, 1.54) is 6.26 Å². The highest BCUT2D eigenvalue weighted by molar-refractivity contribution is 5.90. The molecule has 0 aromatic carbocycles. The number of nitrogens with one attached hydrogen (secondary N) is 2. The standard InChI is InChI=1S/C10H15N3O2/c1-7-6-15-10(12-7)13-9(14)8-2-4-11-5-3-8/h6,8,11H,2-5H2,1H3,(H,12,13,14). The molecule has 2 heterocycles. The van der Waals surface area contributed by atoms with E-state index in [0.717, 1.165) is 31.6 Å². The minimum Gasteiger partial charge on any atom is -0.432 e. The average molecular weight is 209 g/mol. The Morgan fingerprint density at radius 1 is 1.60 bits per heavy atom. The number of oxazole rings is 1. The third-order valence-corrected chi connectivity index (χ3v) is 2.56. The Morgan fingerprint density at radius 2 is 2.33 bits per heavy atom. The number of amides is 1. The molecule has 0 unspecified atom stereocenters. The van der Waals surface area contributed by atoms with Crippen LogP contribution in [0.4, 0.5) is 6.01 Å². The first-order valence-corrected chi connectivity index (χ1v) is 5.19. The molecule has 1 fully saturated rings. The van der Waals surface area contributed by atoms with E-state index in [1.807, 2.05) is 6.92 Å². The second-order valence-corrected chi connectivity index (χ2v) is 3.81. The van der Waals surface area contributed by atoms with Gasteiger partial charge in [-0.05, 0) is 32.9 Å². The zero-order valence-electron chi connectivity index (χ0n) is 8.75. The lowest BCUT2D eigenvalue weighted by Gasteiger charge is -2.20. The van der Waals surface area contributed by atoms with Crippen LogP contribution in [0.1, 0.15) is 18.5 Å². The van der Waals surface area contributed by atoms with Gasteiger partial charge in [0.2, 0.25) is 5.91 Å². The summed E-state index contributed by atoms with van der Waals surface area (Å²) in [5, 5.41) is 5.91. The molecule has 1 saturated heterocycles. The predicted octanol–water partition coefficient (Wildman–Crippen LogP) is 0.921. The lowest BCUT2D eigenvalue weighted by atomic mass is 9.97. The van der Waals surface area contributed by atoms with Gasteiger partial charge in [-0.25, -0.2) is 0 Å². The third-order valence-electron chi connectivity index (χ3n) is 2.56. The summed E-state index contributed by atoms with van der Waals surface area (Å²) in [6, 6.07) is 0.302. The third kappa shape index (κ3) is 2.56. The Labute approximate surface area is 88.3 Å². The topological polar surface area (TPSA) is 67.2 Å². The van der Waals surface area contributed by atoms with Crippen molar-refractivity contribution < 1.29 is 9.21 Å². The minimum absolute atomic E-state index is 0.0124. The number of piperidine rings is 1. The van der Waals surface area contributed by atoms with Crippen molar-refractivity contribution in [1.82, 2.24) is 10.3 Å². The fraction of sp³-hybridized carbons (Fsp3) is 0.600. The van der Waals surface area contributed by atoms with Crippen LogP contribution in [0.5, 0.6) is 0 Å². The molecule has 1 aromatic heterocycles. The van der Waals surface area contributed by atoms with Crippen LogP contribution in [0.2, 0.25) is 0 Å². The Bertz CT molecular complexity index is 342. The van der Waals surface area contributed by atoms with Crippen molar-refractivity contribution in [3.63, 3.8) is 0 Å². The van der Waals surface area contributed by atoms with Crippen molar-refractivity contribution in [1.29, 1.82) is 0 Å². The molecule has 2 rings (SSSR count). The van der Waals surface area contributed by atoms with E-state index >= 15 is 0 Å². The van der Waals surface area contributed by atoms with Gasteiger partial charge in [-0.1, -0.05) is 0 Å². The fourth-order valence-electron chi connectivity index (χ4n) is 1.70. The summed E-state index contributed by atoms with van der Waals surface area (Å²) in [6.07, 6.45) is 3.29. The molecule has 0 atom stereocenters.